The Morgan fingerprint density at radius 2 is 2.05 bits per heavy atom. The number of aryl methyl sites for hydroxylation is 1. The standard InChI is InChI=1S/C14H17N3OS/c1-4-15-13-9-14(17-10(2)16-13)18-11-7-5-6-8-12(11)19-3/h5-9H,4H2,1-3H3,(H,15,16,17). The molecule has 0 atom stereocenters. The topological polar surface area (TPSA) is 47.0 Å². The summed E-state index contributed by atoms with van der Waals surface area (Å²) in [6.07, 6.45) is 2.03. The monoisotopic (exact) mass is 275 g/mol. The fourth-order valence-electron chi connectivity index (χ4n) is 1.68. The van der Waals surface area contributed by atoms with Crippen molar-refractivity contribution in [3.8, 4) is 11.6 Å². The minimum atomic E-state index is 0.560. The van der Waals surface area contributed by atoms with Crippen LogP contribution in [0.15, 0.2) is 35.2 Å². The minimum absolute atomic E-state index is 0.560. The van der Waals surface area contributed by atoms with Crippen molar-refractivity contribution < 1.29 is 4.74 Å². The summed E-state index contributed by atoms with van der Waals surface area (Å²) in [6, 6.07) is 9.73. The van der Waals surface area contributed by atoms with E-state index >= 15 is 0 Å². The van der Waals surface area contributed by atoms with Gasteiger partial charge in [0, 0.05) is 17.5 Å². The fourth-order valence-corrected chi connectivity index (χ4v) is 2.21. The Bertz CT molecular complexity index is 560. The molecule has 0 saturated heterocycles. The second-order valence-corrected chi connectivity index (χ2v) is 4.77. The third-order valence-corrected chi connectivity index (χ3v) is 3.23. The average Bonchev–Trinajstić information content (AvgIpc) is 2.39. The summed E-state index contributed by atoms with van der Waals surface area (Å²) in [5.74, 6) is 2.85. The number of aromatic nitrogens is 2. The zero-order chi connectivity index (χ0) is 13.7. The van der Waals surface area contributed by atoms with Crippen LogP contribution in [0.2, 0.25) is 0 Å². The summed E-state index contributed by atoms with van der Waals surface area (Å²) in [6.45, 7) is 4.70. The highest BCUT2D eigenvalue weighted by molar-refractivity contribution is 7.98. The van der Waals surface area contributed by atoms with Gasteiger partial charge in [-0.3, -0.25) is 0 Å². The van der Waals surface area contributed by atoms with E-state index < -0.39 is 0 Å². The summed E-state index contributed by atoms with van der Waals surface area (Å²) in [5, 5.41) is 3.17. The van der Waals surface area contributed by atoms with E-state index in [4.69, 9.17) is 4.74 Å². The number of hydrogen-bond acceptors (Lipinski definition) is 5. The van der Waals surface area contributed by atoms with Gasteiger partial charge in [-0.1, -0.05) is 12.1 Å². The lowest BCUT2D eigenvalue weighted by atomic mass is 10.3. The molecule has 4 nitrogen and oxygen atoms in total. The lowest BCUT2D eigenvalue weighted by Crippen LogP contribution is -2.02. The number of thioether (sulfide) groups is 1. The number of nitrogens with one attached hydrogen (secondary N) is 1. The Morgan fingerprint density at radius 3 is 2.79 bits per heavy atom. The maximum atomic E-state index is 5.86. The Kier molecular flexibility index (Phi) is 4.63. The average molecular weight is 275 g/mol. The Hall–Kier alpha value is -1.75. The first kappa shape index (κ1) is 13.7. The van der Waals surface area contributed by atoms with Gasteiger partial charge in [-0.25, -0.2) is 4.98 Å². The smallest absolute Gasteiger partial charge is 0.224 e. The quantitative estimate of drug-likeness (QED) is 0.842. The molecule has 0 radical (unpaired) electrons. The molecule has 1 aromatic carbocycles. The molecule has 0 bridgehead atoms. The van der Waals surface area contributed by atoms with Crippen LogP contribution in [0.1, 0.15) is 12.7 Å². The van der Waals surface area contributed by atoms with Crippen molar-refractivity contribution in [3.63, 3.8) is 0 Å². The Balaban J connectivity index is 2.27. The number of rotatable bonds is 5. The molecule has 0 unspecified atom stereocenters. The molecule has 1 heterocycles. The Labute approximate surface area is 117 Å². The van der Waals surface area contributed by atoms with Crippen LogP contribution in [0.3, 0.4) is 0 Å². The van der Waals surface area contributed by atoms with Crippen molar-refractivity contribution in [2.75, 3.05) is 18.1 Å². The first-order chi connectivity index (χ1) is 9.22. The second kappa shape index (κ2) is 6.43. The molecule has 2 aromatic rings. The van der Waals surface area contributed by atoms with Crippen LogP contribution in [0.25, 0.3) is 0 Å². The first-order valence-corrected chi connectivity index (χ1v) is 7.36. The molecule has 0 fully saturated rings. The van der Waals surface area contributed by atoms with Crippen molar-refractivity contribution in [1.29, 1.82) is 0 Å². The van der Waals surface area contributed by atoms with E-state index in [1.165, 1.54) is 0 Å². The van der Waals surface area contributed by atoms with Gasteiger partial charge in [-0.05, 0) is 32.2 Å². The van der Waals surface area contributed by atoms with Gasteiger partial charge in [0.2, 0.25) is 5.88 Å². The molecular weight excluding hydrogens is 258 g/mol. The van der Waals surface area contributed by atoms with Crippen LogP contribution in [0, 0.1) is 6.92 Å². The molecule has 2 rings (SSSR count). The summed E-state index contributed by atoms with van der Waals surface area (Å²) >= 11 is 1.65. The van der Waals surface area contributed by atoms with E-state index in [2.05, 4.69) is 15.3 Å². The minimum Gasteiger partial charge on any atom is -0.438 e. The second-order valence-electron chi connectivity index (χ2n) is 3.92. The zero-order valence-corrected chi connectivity index (χ0v) is 12.1. The lowest BCUT2D eigenvalue weighted by molar-refractivity contribution is 0.449. The molecule has 0 spiro atoms. The molecule has 1 aromatic heterocycles. The number of nitrogens with zero attached hydrogens (tertiary/aromatic N) is 2. The molecule has 0 aliphatic rings. The number of hydrogen-bond donors (Lipinski definition) is 1. The predicted octanol–water partition coefficient (Wildman–Crippen LogP) is 3.73. The number of anilines is 1. The van der Waals surface area contributed by atoms with E-state index in [1.54, 1.807) is 11.8 Å². The molecule has 100 valence electrons. The largest absolute Gasteiger partial charge is 0.438 e. The lowest BCUT2D eigenvalue weighted by Gasteiger charge is -2.10. The molecule has 0 aliphatic heterocycles. The van der Waals surface area contributed by atoms with E-state index in [-0.39, 0.29) is 0 Å². The fraction of sp³-hybridized carbons (Fsp3) is 0.286. The van der Waals surface area contributed by atoms with E-state index in [0.29, 0.717) is 11.7 Å². The van der Waals surface area contributed by atoms with Crippen molar-refractivity contribution in [2.24, 2.45) is 0 Å². The van der Waals surface area contributed by atoms with Gasteiger partial charge in [0.05, 0.1) is 0 Å². The molecule has 0 amide bonds. The van der Waals surface area contributed by atoms with E-state index in [0.717, 1.165) is 23.0 Å². The van der Waals surface area contributed by atoms with Gasteiger partial charge in [0.1, 0.15) is 17.4 Å². The predicted molar refractivity (Wildman–Crippen MR) is 79.2 cm³/mol. The normalized spacial score (nSPS) is 10.3. The highest BCUT2D eigenvalue weighted by atomic mass is 32.2. The summed E-state index contributed by atoms with van der Waals surface area (Å²) < 4.78 is 5.86. The third-order valence-electron chi connectivity index (χ3n) is 2.46. The van der Waals surface area contributed by atoms with Gasteiger partial charge in [-0.2, -0.15) is 4.98 Å². The van der Waals surface area contributed by atoms with Gasteiger partial charge in [0.15, 0.2) is 0 Å². The maximum absolute atomic E-state index is 5.86. The van der Waals surface area contributed by atoms with Crippen molar-refractivity contribution in [1.82, 2.24) is 9.97 Å². The molecular formula is C14H17N3OS. The van der Waals surface area contributed by atoms with Crippen molar-refractivity contribution in [2.45, 2.75) is 18.7 Å². The van der Waals surface area contributed by atoms with Crippen LogP contribution >= 0.6 is 11.8 Å². The van der Waals surface area contributed by atoms with Crippen LogP contribution < -0.4 is 10.1 Å². The number of benzene rings is 1. The summed E-state index contributed by atoms with van der Waals surface area (Å²) in [5.41, 5.74) is 0. The van der Waals surface area contributed by atoms with Crippen LogP contribution in [-0.4, -0.2) is 22.8 Å². The maximum Gasteiger partial charge on any atom is 0.224 e. The van der Waals surface area contributed by atoms with Crippen LogP contribution in [0.5, 0.6) is 11.6 Å². The molecule has 1 N–H and O–H groups in total. The van der Waals surface area contributed by atoms with Crippen LogP contribution in [0.4, 0.5) is 5.82 Å². The highest BCUT2D eigenvalue weighted by Crippen LogP contribution is 2.30. The van der Waals surface area contributed by atoms with Gasteiger partial charge in [-0.15, -0.1) is 11.8 Å². The van der Waals surface area contributed by atoms with Gasteiger partial charge >= 0.3 is 0 Å². The molecule has 0 aliphatic carbocycles. The molecule has 0 saturated carbocycles. The van der Waals surface area contributed by atoms with Crippen molar-refractivity contribution >= 4 is 17.6 Å². The van der Waals surface area contributed by atoms with Crippen molar-refractivity contribution in [3.05, 3.63) is 36.2 Å². The van der Waals surface area contributed by atoms with Gasteiger partial charge < -0.3 is 10.1 Å². The van der Waals surface area contributed by atoms with Gasteiger partial charge in [0.25, 0.3) is 0 Å². The SMILES string of the molecule is CCNc1cc(Oc2ccccc2SC)nc(C)n1. The Morgan fingerprint density at radius 1 is 1.26 bits per heavy atom. The summed E-state index contributed by atoms with van der Waals surface area (Å²) in [4.78, 5) is 9.69. The van der Waals surface area contributed by atoms with E-state index in [9.17, 15) is 0 Å². The molecule has 19 heavy (non-hydrogen) atoms. The number of para-hydroxylation sites is 1. The van der Waals surface area contributed by atoms with Crippen LogP contribution in [-0.2, 0) is 0 Å². The highest BCUT2D eigenvalue weighted by Gasteiger charge is 2.06. The first-order valence-electron chi connectivity index (χ1n) is 6.13. The zero-order valence-electron chi connectivity index (χ0n) is 11.3. The van der Waals surface area contributed by atoms with E-state index in [1.807, 2.05) is 50.4 Å². The summed E-state index contributed by atoms with van der Waals surface area (Å²) in [7, 11) is 0. The number of ether oxygens (including phenoxy) is 1. The molecule has 5 heteroatoms. The third kappa shape index (κ3) is 3.61.